The second-order valence-electron chi connectivity index (χ2n) is 6.65. The van der Waals surface area contributed by atoms with Crippen LogP contribution in [0.25, 0.3) is 0 Å². The number of esters is 1. The highest BCUT2D eigenvalue weighted by Gasteiger charge is 2.63. The van der Waals surface area contributed by atoms with Crippen LogP contribution >= 0.6 is 0 Å². The highest BCUT2D eigenvalue weighted by atomic mass is 19.1. The number of carbonyl (C=O) groups excluding carboxylic acids is 2. The lowest BCUT2D eigenvalue weighted by Gasteiger charge is -2.40. The molecule has 1 aromatic carbocycles. The number of methoxy groups -OCH3 is 1. The van der Waals surface area contributed by atoms with Gasteiger partial charge in [-0.3, -0.25) is 4.79 Å². The standard InChI is InChI=1S/C18H25FN2O3/c1-6-21(4,7-2)18(8-9-18)17(23)20-15-12(3)10-13(19)11-14(15)16(22)24-5/h10-11H,6-9H2,1-5H3/p+1. The first kappa shape index (κ1) is 18.4. The fourth-order valence-electron chi connectivity index (χ4n) is 3.37. The first-order chi connectivity index (χ1) is 11.2. The number of amides is 1. The lowest BCUT2D eigenvalue weighted by Crippen LogP contribution is -2.59. The van der Waals surface area contributed by atoms with Gasteiger partial charge in [0.05, 0.1) is 38.5 Å². The molecular formula is C18H26FN2O3+. The Morgan fingerprint density at radius 2 is 1.88 bits per heavy atom. The second kappa shape index (κ2) is 6.51. The lowest BCUT2D eigenvalue weighted by atomic mass is 10.1. The number of carbonyl (C=O) groups is 2. The molecule has 1 aliphatic carbocycles. The van der Waals surface area contributed by atoms with Gasteiger partial charge in [-0.05, 0) is 38.5 Å². The van der Waals surface area contributed by atoms with E-state index in [1.165, 1.54) is 13.2 Å². The molecule has 1 N–H and O–H groups in total. The Bertz CT molecular complexity index is 664. The SMILES string of the molecule is CC[N+](C)(CC)C1(C(=O)Nc2c(C)cc(F)cc2C(=O)OC)CC1. The summed E-state index contributed by atoms with van der Waals surface area (Å²) in [5.74, 6) is -1.32. The van der Waals surface area contributed by atoms with Gasteiger partial charge in [0, 0.05) is 12.8 Å². The summed E-state index contributed by atoms with van der Waals surface area (Å²) >= 11 is 0. The maximum absolute atomic E-state index is 13.7. The largest absolute Gasteiger partial charge is 0.465 e. The van der Waals surface area contributed by atoms with Crippen molar-refractivity contribution in [3.8, 4) is 0 Å². The van der Waals surface area contributed by atoms with E-state index < -0.39 is 17.3 Å². The van der Waals surface area contributed by atoms with Crippen molar-refractivity contribution in [1.82, 2.24) is 0 Å². The van der Waals surface area contributed by atoms with Crippen LogP contribution in [0.2, 0.25) is 0 Å². The van der Waals surface area contributed by atoms with Crippen molar-refractivity contribution in [3.05, 3.63) is 29.1 Å². The summed E-state index contributed by atoms with van der Waals surface area (Å²) in [6.07, 6.45) is 1.62. The Morgan fingerprint density at radius 1 is 1.29 bits per heavy atom. The van der Waals surface area contributed by atoms with E-state index >= 15 is 0 Å². The molecule has 1 amide bonds. The number of quaternary nitrogens is 1. The smallest absolute Gasteiger partial charge is 0.340 e. The molecule has 0 aliphatic heterocycles. The first-order valence-electron chi connectivity index (χ1n) is 8.29. The van der Waals surface area contributed by atoms with Crippen LogP contribution in [0.5, 0.6) is 0 Å². The lowest BCUT2D eigenvalue weighted by molar-refractivity contribution is -0.931. The number of nitrogens with one attached hydrogen (secondary N) is 1. The average molecular weight is 337 g/mol. The third-order valence-electron chi connectivity index (χ3n) is 5.52. The molecule has 24 heavy (non-hydrogen) atoms. The summed E-state index contributed by atoms with van der Waals surface area (Å²) in [5, 5.41) is 2.88. The predicted octanol–water partition coefficient (Wildman–Crippen LogP) is 2.88. The molecule has 1 aromatic rings. The molecule has 1 aliphatic rings. The summed E-state index contributed by atoms with van der Waals surface area (Å²) in [5.41, 5.74) is 0.402. The maximum atomic E-state index is 13.7. The Labute approximate surface area is 142 Å². The van der Waals surface area contributed by atoms with Crippen LogP contribution < -0.4 is 5.32 Å². The normalized spacial score (nSPS) is 15.8. The van der Waals surface area contributed by atoms with E-state index in [1.807, 2.05) is 0 Å². The Balaban J connectivity index is 2.38. The van der Waals surface area contributed by atoms with Crippen molar-refractivity contribution in [2.75, 3.05) is 32.6 Å². The van der Waals surface area contributed by atoms with Gasteiger partial charge in [-0.15, -0.1) is 0 Å². The summed E-state index contributed by atoms with van der Waals surface area (Å²) in [7, 11) is 3.31. The molecule has 0 saturated heterocycles. The number of halogens is 1. The predicted molar refractivity (Wildman–Crippen MR) is 90.3 cm³/mol. The summed E-state index contributed by atoms with van der Waals surface area (Å²) in [6.45, 7) is 7.49. The average Bonchev–Trinajstić information content (AvgIpc) is 3.37. The summed E-state index contributed by atoms with van der Waals surface area (Å²) in [6, 6.07) is 2.40. The molecule has 0 radical (unpaired) electrons. The van der Waals surface area contributed by atoms with Gasteiger partial charge in [-0.1, -0.05) is 0 Å². The first-order valence-corrected chi connectivity index (χ1v) is 8.29. The fraction of sp³-hybridized carbons (Fsp3) is 0.556. The summed E-state index contributed by atoms with van der Waals surface area (Å²) in [4.78, 5) is 24.9. The van der Waals surface area contributed by atoms with Crippen LogP contribution in [0.1, 0.15) is 42.6 Å². The number of hydrogen-bond donors (Lipinski definition) is 1. The molecule has 0 spiro atoms. The van der Waals surface area contributed by atoms with Crippen LogP contribution in [0.15, 0.2) is 12.1 Å². The number of likely N-dealkylation sites (N-methyl/N-ethyl adjacent to an activating group) is 1. The van der Waals surface area contributed by atoms with E-state index in [2.05, 4.69) is 26.2 Å². The number of ether oxygens (including phenoxy) is 1. The molecule has 6 heteroatoms. The molecule has 0 bridgehead atoms. The van der Waals surface area contributed by atoms with Gasteiger partial charge in [0.25, 0.3) is 5.91 Å². The minimum atomic E-state index is -0.666. The highest BCUT2D eigenvalue weighted by molar-refractivity contribution is 6.05. The number of benzene rings is 1. The van der Waals surface area contributed by atoms with Crippen LogP contribution in [0.3, 0.4) is 0 Å². The zero-order valence-corrected chi connectivity index (χ0v) is 15.0. The minimum absolute atomic E-state index is 0.0429. The third-order valence-corrected chi connectivity index (χ3v) is 5.52. The van der Waals surface area contributed by atoms with Crippen LogP contribution in [0, 0.1) is 12.7 Å². The Hall–Kier alpha value is -1.95. The topological polar surface area (TPSA) is 55.4 Å². The van der Waals surface area contributed by atoms with Gasteiger partial charge >= 0.3 is 5.97 Å². The molecule has 0 heterocycles. The van der Waals surface area contributed by atoms with E-state index in [-0.39, 0.29) is 11.5 Å². The molecule has 132 valence electrons. The molecule has 0 unspecified atom stereocenters. The number of aryl methyl sites for hydroxylation is 1. The van der Waals surface area contributed by atoms with Gasteiger partial charge in [-0.25, -0.2) is 9.18 Å². The van der Waals surface area contributed by atoms with Gasteiger partial charge in [0.15, 0.2) is 5.54 Å². The van der Waals surface area contributed by atoms with Crippen LogP contribution in [-0.4, -0.2) is 49.1 Å². The molecule has 0 atom stereocenters. The number of anilines is 1. The van der Waals surface area contributed by atoms with E-state index in [0.717, 1.165) is 32.0 Å². The molecule has 1 saturated carbocycles. The van der Waals surface area contributed by atoms with Crippen molar-refractivity contribution in [2.24, 2.45) is 0 Å². The van der Waals surface area contributed by atoms with E-state index in [9.17, 15) is 14.0 Å². The fourth-order valence-corrected chi connectivity index (χ4v) is 3.37. The highest BCUT2D eigenvalue weighted by Crippen LogP contribution is 2.47. The quantitative estimate of drug-likeness (QED) is 0.641. The van der Waals surface area contributed by atoms with Crippen molar-refractivity contribution >= 4 is 17.6 Å². The molecule has 0 aromatic heterocycles. The molecular weight excluding hydrogens is 311 g/mol. The Morgan fingerprint density at radius 3 is 2.33 bits per heavy atom. The van der Waals surface area contributed by atoms with Crippen molar-refractivity contribution in [1.29, 1.82) is 0 Å². The zero-order chi connectivity index (χ0) is 18.1. The van der Waals surface area contributed by atoms with Gasteiger partial charge < -0.3 is 14.5 Å². The second-order valence-corrected chi connectivity index (χ2v) is 6.65. The summed E-state index contributed by atoms with van der Waals surface area (Å²) < 4.78 is 19.0. The number of hydrogen-bond acceptors (Lipinski definition) is 3. The van der Waals surface area contributed by atoms with Crippen molar-refractivity contribution in [3.63, 3.8) is 0 Å². The maximum Gasteiger partial charge on any atom is 0.340 e. The molecule has 2 rings (SSSR count). The van der Waals surface area contributed by atoms with Gasteiger partial charge in [0.2, 0.25) is 0 Å². The minimum Gasteiger partial charge on any atom is -0.465 e. The van der Waals surface area contributed by atoms with Crippen molar-refractivity contribution < 1.29 is 23.2 Å². The van der Waals surface area contributed by atoms with Crippen LogP contribution in [0.4, 0.5) is 10.1 Å². The van der Waals surface area contributed by atoms with E-state index in [4.69, 9.17) is 4.74 Å². The van der Waals surface area contributed by atoms with Gasteiger partial charge in [-0.2, -0.15) is 0 Å². The van der Waals surface area contributed by atoms with Crippen molar-refractivity contribution in [2.45, 2.75) is 39.2 Å². The van der Waals surface area contributed by atoms with E-state index in [1.54, 1.807) is 6.92 Å². The zero-order valence-electron chi connectivity index (χ0n) is 15.0. The third kappa shape index (κ3) is 2.90. The number of rotatable bonds is 6. The van der Waals surface area contributed by atoms with Gasteiger partial charge in [0.1, 0.15) is 5.82 Å². The molecule has 5 nitrogen and oxygen atoms in total. The number of nitrogens with zero attached hydrogens (tertiary/aromatic N) is 1. The Kier molecular flexibility index (Phi) is 4.99. The van der Waals surface area contributed by atoms with E-state index in [0.29, 0.717) is 15.7 Å². The molecule has 1 fully saturated rings. The van der Waals surface area contributed by atoms with Crippen LogP contribution in [-0.2, 0) is 9.53 Å². The monoisotopic (exact) mass is 337 g/mol.